The molecule has 1 saturated heterocycles. The average Bonchev–Trinajstić information content (AvgIpc) is 3.60. The van der Waals surface area contributed by atoms with E-state index in [1.54, 1.807) is 0 Å². The smallest absolute Gasteiger partial charge is 0.231 e. The van der Waals surface area contributed by atoms with Gasteiger partial charge in [-0.1, -0.05) is 44.2 Å². The van der Waals surface area contributed by atoms with Gasteiger partial charge in [0.25, 0.3) is 0 Å². The fourth-order valence-corrected chi connectivity index (χ4v) is 5.19. The van der Waals surface area contributed by atoms with Crippen LogP contribution in [0.4, 0.5) is 17.5 Å². The highest BCUT2D eigenvalue weighted by atomic mass is 16.7. The minimum absolute atomic E-state index is 0.0969. The largest absolute Gasteiger partial charge is 0.493 e. The van der Waals surface area contributed by atoms with E-state index in [1.165, 1.54) is 5.56 Å². The van der Waals surface area contributed by atoms with E-state index < -0.39 is 0 Å². The van der Waals surface area contributed by atoms with Crippen LogP contribution in [0.25, 0.3) is 11.0 Å². The molecule has 38 heavy (non-hydrogen) atoms. The lowest BCUT2D eigenvalue weighted by Crippen LogP contribution is -2.25. The SMILES string of the molecule is CCN(CC)CCCOc1c(C)cc(Nc2nc(N3OCC[C@H]3c3ccccc3)c3cc[nH]c3n2)cc1C. The van der Waals surface area contributed by atoms with Crippen molar-refractivity contribution in [3.05, 3.63) is 71.4 Å². The monoisotopic (exact) mass is 514 g/mol. The van der Waals surface area contributed by atoms with Crippen LogP contribution in [0.3, 0.4) is 0 Å². The molecular formula is C30H38N6O2. The third-order valence-corrected chi connectivity index (χ3v) is 7.17. The van der Waals surface area contributed by atoms with Crippen molar-refractivity contribution in [3.8, 4) is 5.75 Å². The number of hydrogen-bond donors (Lipinski definition) is 2. The van der Waals surface area contributed by atoms with Crippen molar-refractivity contribution in [1.29, 1.82) is 0 Å². The van der Waals surface area contributed by atoms with Gasteiger partial charge in [-0.2, -0.15) is 9.97 Å². The van der Waals surface area contributed by atoms with Crippen LogP contribution >= 0.6 is 0 Å². The summed E-state index contributed by atoms with van der Waals surface area (Å²) < 4.78 is 6.19. The molecule has 8 heteroatoms. The molecule has 0 unspecified atom stereocenters. The fourth-order valence-electron chi connectivity index (χ4n) is 5.19. The highest BCUT2D eigenvalue weighted by molar-refractivity contribution is 5.88. The van der Waals surface area contributed by atoms with Crippen molar-refractivity contribution in [1.82, 2.24) is 19.9 Å². The Bertz CT molecular complexity index is 1330. The number of benzene rings is 2. The molecule has 3 heterocycles. The van der Waals surface area contributed by atoms with Crippen molar-refractivity contribution in [2.45, 2.75) is 46.6 Å². The lowest BCUT2D eigenvalue weighted by atomic mass is 10.0. The van der Waals surface area contributed by atoms with Crippen molar-refractivity contribution in [2.75, 3.05) is 43.2 Å². The standard InChI is InChI=1S/C30H38N6O2/c1-5-35(6-2)16-10-17-37-27-21(3)19-24(20-22(27)4)32-30-33-28-25(13-15-31-28)29(34-30)36-26(14-18-38-36)23-11-8-7-9-12-23/h7-9,11-13,15,19-20,26H,5-6,10,14,16-18H2,1-4H3,(H2,31,32,33,34)/t26-/m0/s1. The van der Waals surface area contributed by atoms with E-state index in [-0.39, 0.29) is 6.04 Å². The van der Waals surface area contributed by atoms with Crippen molar-refractivity contribution < 1.29 is 9.57 Å². The zero-order valence-corrected chi connectivity index (χ0v) is 22.8. The number of rotatable bonds is 11. The fraction of sp³-hybridized carbons (Fsp3) is 0.400. The number of nitrogens with zero attached hydrogens (tertiary/aromatic N) is 4. The minimum Gasteiger partial charge on any atom is -0.493 e. The highest BCUT2D eigenvalue weighted by Crippen LogP contribution is 2.38. The van der Waals surface area contributed by atoms with E-state index >= 15 is 0 Å². The summed E-state index contributed by atoms with van der Waals surface area (Å²) >= 11 is 0. The van der Waals surface area contributed by atoms with Crippen LogP contribution in [0.5, 0.6) is 5.75 Å². The first-order valence-corrected chi connectivity index (χ1v) is 13.6. The maximum Gasteiger partial charge on any atom is 0.231 e. The number of anilines is 3. The lowest BCUT2D eigenvalue weighted by molar-refractivity contribution is 0.157. The number of H-pyrrole nitrogens is 1. The molecule has 1 aliphatic heterocycles. The molecule has 1 aliphatic rings. The first-order valence-electron chi connectivity index (χ1n) is 13.6. The molecule has 1 fully saturated rings. The summed E-state index contributed by atoms with van der Waals surface area (Å²) in [4.78, 5) is 21.4. The van der Waals surface area contributed by atoms with Gasteiger partial charge in [0.05, 0.1) is 24.6 Å². The summed E-state index contributed by atoms with van der Waals surface area (Å²) in [6.45, 7) is 13.1. The van der Waals surface area contributed by atoms with Gasteiger partial charge in [0.15, 0.2) is 5.82 Å². The maximum absolute atomic E-state index is 6.19. The summed E-state index contributed by atoms with van der Waals surface area (Å²) in [6, 6.07) is 16.7. The van der Waals surface area contributed by atoms with E-state index in [1.807, 2.05) is 23.4 Å². The molecule has 4 aromatic rings. The second-order valence-corrected chi connectivity index (χ2v) is 9.78. The number of hydroxylamine groups is 1. The summed E-state index contributed by atoms with van der Waals surface area (Å²) in [6.07, 6.45) is 3.80. The number of aromatic nitrogens is 3. The molecular weight excluding hydrogens is 476 g/mol. The molecule has 1 atom stereocenters. The molecule has 0 spiro atoms. The van der Waals surface area contributed by atoms with Gasteiger partial charge in [0.2, 0.25) is 5.95 Å². The molecule has 0 bridgehead atoms. The first kappa shape index (κ1) is 26.0. The van der Waals surface area contributed by atoms with Crippen molar-refractivity contribution in [3.63, 3.8) is 0 Å². The predicted octanol–water partition coefficient (Wildman–Crippen LogP) is 6.31. The maximum atomic E-state index is 6.19. The lowest BCUT2D eigenvalue weighted by Gasteiger charge is -2.24. The van der Waals surface area contributed by atoms with E-state index in [0.29, 0.717) is 19.2 Å². The molecule has 2 aromatic heterocycles. The van der Waals surface area contributed by atoms with Crippen molar-refractivity contribution >= 4 is 28.5 Å². The zero-order chi connectivity index (χ0) is 26.5. The van der Waals surface area contributed by atoms with E-state index in [2.05, 4.69) is 79.3 Å². The Morgan fingerprint density at radius 3 is 2.58 bits per heavy atom. The van der Waals surface area contributed by atoms with Crippen LogP contribution in [0.1, 0.15) is 49.4 Å². The van der Waals surface area contributed by atoms with Gasteiger partial charge >= 0.3 is 0 Å². The van der Waals surface area contributed by atoms with Crippen molar-refractivity contribution in [2.24, 2.45) is 0 Å². The first-order chi connectivity index (χ1) is 18.6. The van der Waals surface area contributed by atoms with Crippen LogP contribution in [0.2, 0.25) is 0 Å². The molecule has 0 amide bonds. The second-order valence-electron chi connectivity index (χ2n) is 9.78. The Balaban J connectivity index is 1.35. The molecule has 0 saturated carbocycles. The van der Waals surface area contributed by atoms with Gasteiger partial charge in [0, 0.05) is 24.8 Å². The summed E-state index contributed by atoms with van der Waals surface area (Å²) in [5.74, 6) is 2.23. The van der Waals surface area contributed by atoms with E-state index in [0.717, 1.165) is 71.9 Å². The zero-order valence-electron chi connectivity index (χ0n) is 22.8. The summed E-state index contributed by atoms with van der Waals surface area (Å²) in [7, 11) is 0. The van der Waals surface area contributed by atoms with Gasteiger partial charge in [-0.3, -0.25) is 4.84 Å². The third-order valence-electron chi connectivity index (χ3n) is 7.17. The number of fused-ring (bicyclic) bond motifs is 1. The van der Waals surface area contributed by atoms with Gasteiger partial charge < -0.3 is 19.9 Å². The molecule has 2 N–H and O–H groups in total. The molecule has 2 aromatic carbocycles. The molecule has 200 valence electrons. The highest BCUT2D eigenvalue weighted by Gasteiger charge is 2.31. The quantitative estimate of drug-likeness (QED) is 0.227. The Kier molecular flexibility index (Phi) is 8.10. The molecule has 8 nitrogen and oxygen atoms in total. The Hall–Kier alpha value is -3.62. The van der Waals surface area contributed by atoms with E-state index in [9.17, 15) is 0 Å². The van der Waals surface area contributed by atoms with Crippen LogP contribution in [-0.2, 0) is 4.84 Å². The van der Waals surface area contributed by atoms with Crippen LogP contribution in [0, 0.1) is 13.8 Å². The number of ether oxygens (including phenoxy) is 1. The third kappa shape index (κ3) is 5.61. The minimum atomic E-state index is 0.0969. The number of aromatic amines is 1. The number of hydrogen-bond acceptors (Lipinski definition) is 7. The second kappa shape index (κ2) is 11.8. The van der Waals surface area contributed by atoms with Crippen LogP contribution in [0.15, 0.2) is 54.7 Å². The summed E-state index contributed by atoms with van der Waals surface area (Å²) in [5.41, 5.74) is 5.07. The normalized spacial score (nSPS) is 15.5. The average molecular weight is 515 g/mol. The van der Waals surface area contributed by atoms with Crippen LogP contribution in [-0.4, -0.2) is 52.7 Å². The number of aryl methyl sites for hydroxylation is 2. The Labute approximate surface area is 224 Å². The van der Waals surface area contributed by atoms with E-state index in [4.69, 9.17) is 19.5 Å². The molecule has 0 radical (unpaired) electrons. The van der Waals surface area contributed by atoms with Crippen LogP contribution < -0.4 is 15.1 Å². The number of nitrogens with one attached hydrogen (secondary N) is 2. The van der Waals surface area contributed by atoms with Gasteiger partial charge in [-0.15, -0.1) is 0 Å². The van der Waals surface area contributed by atoms with Gasteiger partial charge in [-0.05, 0) is 68.2 Å². The topological polar surface area (TPSA) is 78.5 Å². The van der Waals surface area contributed by atoms with Gasteiger partial charge in [0.1, 0.15) is 11.4 Å². The molecule has 5 rings (SSSR count). The summed E-state index contributed by atoms with van der Waals surface area (Å²) in [5, 5.41) is 6.29. The Morgan fingerprint density at radius 1 is 1.08 bits per heavy atom. The Morgan fingerprint density at radius 2 is 1.84 bits per heavy atom. The van der Waals surface area contributed by atoms with Gasteiger partial charge in [-0.25, -0.2) is 5.06 Å². The molecule has 0 aliphatic carbocycles. The predicted molar refractivity (Wildman–Crippen MR) is 153 cm³/mol.